The Morgan fingerprint density at radius 1 is 0.929 bits per heavy atom. The van der Waals surface area contributed by atoms with Crippen molar-refractivity contribution in [3.63, 3.8) is 0 Å². The molecular weight excluding hydrogens is 352 g/mol. The standard InChI is InChI=1S/C22H20N4O2/c27-22(23-14-13-21-25-24-20-8-4-5-15-26(20)21)18-11-9-17(10-12-18)16-28-19-6-2-1-3-7-19/h1-12,15H,13-14,16H2,(H,23,27). The van der Waals surface area contributed by atoms with E-state index in [0.29, 0.717) is 25.1 Å². The summed E-state index contributed by atoms with van der Waals surface area (Å²) in [5.74, 6) is 1.54. The lowest BCUT2D eigenvalue weighted by Gasteiger charge is -2.08. The van der Waals surface area contributed by atoms with Gasteiger partial charge in [-0.1, -0.05) is 36.4 Å². The number of pyridine rings is 1. The number of hydrogen-bond donors (Lipinski definition) is 1. The second-order valence-electron chi connectivity index (χ2n) is 6.35. The Bertz CT molecular complexity index is 1060. The molecule has 2 aromatic carbocycles. The van der Waals surface area contributed by atoms with E-state index >= 15 is 0 Å². The van der Waals surface area contributed by atoms with E-state index < -0.39 is 0 Å². The van der Waals surface area contributed by atoms with Crippen molar-refractivity contribution in [1.29, 1.82) is 0 Å². The largest absolute Gasteiger partial charge is 0.489 e. The first kappa shape index (κ1) is 17.7. The van der Waals surface area contributed by atoms with E-state index in [1.807, 2.05) is 83.4 Å². The Balaban J connectivity index is 1.28. The van der Waals surface area contributed by atoms with E-state index in [-0.39, 0.29) is 5.91 Å². The topological polar surface area (TPSA) is 68.5 Å². The molecule has 0 saturated carbocycles. The highest BCUT2D eigenvalue weighted by molar-refractivity contribution is 5.94. The van der Waals surface area contributed by atoms with Crippen LogP contribution in [-0.4, -0.2) is 27.0 Å². The third kappa shape index (κ3) is 4.17. The molecule has 6 heteroatoms. The molecule has 4 rings (SSSR count). The van der Waals surface area contributed by atoms with Crippen LogP contribution < -0.4 is 10.1 Å². The molecule has 0 aliphatic heterocycles. The Kier molecular flexibility index (Phi) is 5.29. The molecule has 0 fully saturated rings. The molecule has 140 valence electrons. The van der Waals surface area contributed by atoms with Crippen LogP contribution in [0.5, 0.6) is 5.75 Å². The first-order valence-electron chi connectivity index (χ1n) is 9.13. The van der Waals surface area contributed by atoms with Crippen LogP contribution in [0.25, 0.3) is 5.65 Å². The van der Waals surface area contributed by atoms with Crippen LogP contribution in [0.3, 0.4) is 0 Å². The van der Waals surface area contributed by atoms with Gasteiger partial charge in [-0.3, -0.25) is 9.20 Å². The average molecular weight is 372 g/mol. The smallest absolute Gasteiger partial charge is 0.251 e. The zero-order valence-corrected chi connectivity index (χ0v) is 15.3. The van der Waals surface area contributed by atoms with Crippen molar-refractivity contribution in [1.82, 2.24) is 19.9 Å². The predicted octanol–water partition coefficient (Wildman–Crippen LogP) is 3.28. The lowest BCUT2D eigenvalue weighted by atomic mass is 10.1. The van der Waals surface area contributed by atoms with Crippen molar-refractivity contribution < 1.29 is 9.53 Å². The van der Waals surface area contributed by atoms with E-state index in [1.165, 1.54) is 0 Å². The van der Waals surface area contributed by atoms with Crippen LogP contribution >= 0.6 is 0 Å². The van der Waals surface area contributed by atoms with Crippen molar-refractivity contribution in [2.75, 3.05) is 6.54 Å². The monoisotopic (exact) mass is 372 g/mol. The van der Waals surface area contributed by atoms with Crippen LogP contribution in [0.2, 0.25) is 0 Å². The number of benzene rings is 2. The van der Waals surface area contributed by atoms with Crippen LogP contribution in [0, 0.1) is 0 Å². The highest BCUT2D eigenvalue weighted by Gasteiger charge is 2.08. The quantitative estimate of drug-likeness (QED) is 0.541. The molecule has 0 atom stereocenters. The zero-order valence-electron chi connectivity index (χ0n) is 15.3. The molecule has 0 radical (unpaired) electrons. The number of carbonyl (C=O) groups excluding carboxylic acids is 1. The van der Waals surface area contributed by atoms with Gasteiger partial charge in [-0.05, 0) is 42.0 Å². The number of aromatic nitrogens is 3. The lowest BCUT2D eigenvalue weighted by molar-refractivity contribution is 0.0954. The molecule has 4 aromatic rings. The van der Waals surface area contributed by atoms with Gasteiger partial charge in [0.05, 0.1) is 0 Å². The van der Waals surface area contributed by atoms with E-state index in [0.717, 1.165) is 22.8 Å². The van der Waals surface area contributed by atoms with Gasteiger partial charge in [-0.25, -0.2) is 0 Å². The van der Waals surface area contributed by atoms with E-state index in [1.54, 1.807) is 0 Å². The molecule has 0 unspecified atom stereocenters. The maximum Gasteiger partial charge on any atom is 0.251 e. The summed E-state index contributed by atoms with van der Waals surface area (Å²) in [4.78, 5) is 12.3. The first-order chi connectivity index (χ1) is 13.8. The number of amides is 1. The van der Waals surface area contributed by atoms with Gasteiger partial charge in [0.25, 0.3) is 5.91 Å². The van der Waals surface area contributed by atoms with Crippen molar-refractivity contribution >= 4 is 11.6 Å². The van der Waals surface area contributed by atoms with Gasteiger partial charge in [-0.2, -0.15) is 0 Å². The van der Waals surface area contributed by atoms with Gasteiger partial charge in [0.2, 0.25) is 0 Å². The van der Waals surface area contributed by atoms with Gasteiger partial charge < -0.3 is 10.1 Å². The summed E-state index contributed by atoms with van der Waals surface area (Å²) in [6.45, 7) is 0.958. The van der Waals surface area contributed by atoms with Gasteiger partial charge in [0.15, 0.2) is 5.65 Å². The Hall–Kier alpha value is -3.67. The summed E-state index contributed by atoms with van der Waals surface area (Å²) in [6.07, 6.45) is 2.53. The average Bonchev–Trinajstić information content (AvgIpc) is 3.16. The molecule has 6 nitrogen and oxygen atoms in total. The summed E-state index contributed by atoms with van der Waals surface area (Å²) in [5.41, 5.74) is 2.43. The summed E-state index contributed by atoms with van der Waals surface area (Å²) >= 11 is 0. The van der Waals surface area contributed by atoms with E-state index in [4.69, 9.17) is 4.74 Å². The zero-order chi connectivity index (χ0) is 19.2. The van der Waals surface area contributed by atoms with Crippen LogP contribution in [0.1, 0.15) is 21.7 Å². The maximum absolute atomic E-state index is 12.3. The van der Waals surface area contributed by atoms with E-state index in [2.05, 4.69) is 15.5 Å². The second kappa shape index (κ2) is 8.35. The highest BCUT2D eigenvalue weighted by Crippen LogP contribution is 2.12. The molecule has 1 amide bonds. The molecular formula is C22H20N4O2. The van der Waals surface area contributed by atoms with Crippen molar-refractivity contribution in [3.8, 4) is 5.75 Å². The number of ether oxygens (including phenoxy) is 1. The fourth-order valence-electron chi connectivity index (χ4n) is 2.89. The molecule has 28 heavy (non-hydrogen) atoms. The number of carbonyl (C=O) groups is 1. The van der Waals surface area contributed by atoms with Crippen LogP contribution in [0.15, 0.2) is 79.0 Å². The SMILES string of the molecule is O=C(NCCc1nnc2ccccn12)c1ccc(COc2ccccc2)cc1. The van der Waals surface area contributed by atoms with Gasteiger partial charge in [0, 0.05) is 24.7 Å². The normalized spacial score (nSPS) is 10.7. The molecule has 2 aromatic heterocycles. The third-order valence-electron chi connectivity index (χ3n) is 4.38. The minimum absolute atomic E-state index is 0.107. The summed E-state index contributed by atoms with van der Waals surface area (Å²) in [7, 11) is 0. The van der Waals surface area contributed by atoms with Crippen molar-refractivity contribution in [3.05, 3.63) is 95.9 Å². The third-order valence-corrected chi connectivity index (χ3v) is 4.38. The number of hydrogen-bond acceptors (Lipinski definition) is 4. The fourth-order valence-corrected chi connectivity index (χ4v) is 2.89. The number of rotatable bonds is 7. The summed E-state index contributed by atoms with van der Waals surface area (Å²) in [5, 5.41) is 11.2. The summed E-state index contributed by atoms with van der Waals surface area (Å²) in [6, 6.07) is 22.8. The molecule has 2 heterocycles. The summed E-state index contributed by atoms with van der Waals surface area (Å²) < 4.78 is 7.64. The molecule has 0 spiro atoms. The molecule has 0 saturated heterocycles. The Labute approximate surface area is 162 Å². The molecule has 0 aliphatic carbocycles. The molecule has 0 bridgehead atoms. The lowest BCUT2D eigenvalue weighted by Crippen LogP contribution is -2.26. The van der Waals surface area contributed by atoms with Gasteiger partial charge >= 0.3 is 0 Å². The van der Waals surface area contributed by atoms with Gasteiger partial charge in [-0.15, -0.1) is 10.2 Å². The minimum Gasteiger partial charge on any atom is -0.489 e. The minimum atomic E-state index is -0.107. The number of nitrogens with one attached hydrogen (secondary N) is 1. The van der Waals surface area contributed by atoms with E-state index in [9.17, 15) is 4.79 Å². The molecule has 1 N–H and O–H groups in total. The number of fused-ring (bicyclic) bond motifs is 1. The molecule has 0 aliphatic rings. The highest BCUT2D eigenvalue weighted by atomic mass is 16.5. The van der Waals surface area contributed by atoms with Crippen LogP contribution in [0.4, 0.5) is 0 Å². The Morgan fingerprint density at radius 3 is 2.54 bits per heavy atom. The first-order valence-corrected chi connectivity index (χ1v) is 9.13. The number of nitrogens with zero attached hydrogens (tertiary/aromatic N) is 3. The van der Waals surface area contributed by atoms with Crippen molar-refractivity contribution in [2.24, 2.45) is 0 Å². The maximum atomic E-state index is 12.3. The predicted molar refractivity (Wildman–Crippen MR) is 106 cm³/mol. The van der Waals surface area contributed by atoms with Gasteiger partial charge in [0.1, 0.15) is 18.2 Å². The fraction of sp³-hybridized carbons (Fsp3) is 0.136. The van der Waals surface area contributed by atoms with Crippen molar-refractivity contribution in [2.45, 2.75) is 13.0 Å². The Morgan fingerprint density at radius 2 is 1.71 bits per heavy atom. The van der Waals surface area contributed by atoms with Crippen LogP contribution in [-0.2, 0) is 13.0 Å². The number of para-hydroxylation sites is 1. The second-order valence-corrected chi connectivity index (χ2v) is 6.35.